The maximum atomic E-state index is 12.8. The van der Waals surface area contributed by atoms with Crippen molar-refractivity contribution in [1.29, 1.82) is 0 Å². The summed E-state index contributed by atoms with van der Waals surface area (Å²) >= 11 is 0. The minimum Gasteiger partial charge on any atom is -0.436 e. The molecule has 0 aliphatic carbocycles. The number of hydrogen-bond donors (Lipinski definition) is 1. The molecular formula is C24H21N3O4. The number of nitrogens with one attached hydrogen (secondary N) is 1. The van der Waals surface area contributed by atoms with Crippen LogP contribution in [-0.4, -0.2) is 15.8 Å². The average Bonchev–Trinajstić information content (AvgIpc) is 3.16. The van der Waals surface area contributed by atoms with Crippen LogP contribution in [0.15, 0.2) is 71.1 Å². The lowest BCUT2D eigenvalue weighted by molar-refractivity contribution is -0.384. The Kier molecular flexibility index (Phi) is 5.02. The first kappa shape index (κ1) is 20.3. The van der Waals surface area contributed by atoms with E-state index in [9.17, 15) is 14.9 Å². The van der Waals surface area contributed by atoms with E-state index in [0.29, 0.717) is 27.9 Å². The summed E-state index contributed by atoms with van der Waals surface area (Å²) in [6, 6.07) is 18.9. The van der Waals surface area contributed by atoms with Crippen LogP contribution in [0.3, 0.4) is 0 Å². The third kappa shape index (κ3) is 4.16. The van der Waals surface area contributed by atoms with Gasteiger partial charge in [0.1, 0.15) is 5.52 Å². The molecule has 0 saturated heterocycles. The van der Waals surface area contributed by atoms with Crippen LogP contribution >= 0.6 is 0 Å². The number of fused-ring (bicyclic) bond motifs is 1. The average molecular weight is 415 g/mol. The molecule has 0 unspecified atom stereocenters. The molecule has 1 heterocycles. The van der Waals surface area contributed by atoms with Crippen LogP contribution in [0.2, 0.25) is 0 Å². The fourth-order valence-corrected chi connectivity index (χ4v) is 3.24. The van der Waals surface area contributed by atoms with E-state index in [4.69, 9.17) is 4.42 Å². The third-order valence-electron chi connectivity index (χ3n) is 5.00. The highest BCUT2D eigenvalue weighted by Crippen LogP contribution is 2.32. The smallest absolute Gasteiger partial charge is 0.271 e. The van der Waals surface area contributed by atoms with E-state index in [0.717, 1.165) is 5.56 Å². The van der Waals surface area contributed by atoms with Gasteiger partial charge in [-0.2, -0.15) is 0 Å². The van der Waals surface area contributed by atoms with E-state index in [1.165, 1.54) is 18.2 Å². The van der Waals surface area contributed by atoms with E-state index in [1.54, 1.807) is 36.4 Å². The number of carbonyl (C=O) groups is 1. The SMILES string of the molecule is CC(C)(C)c1ccc(C(=O)Nc2ccccc2-c2nc3cc([N+](=O)[O-])ccc3o2)cc1. The van der Waals surface area contributed by atoms with Gasteiger partial charge in [0.2, 0.25) is 5.89 Å². The monoisotopic (exact) mass is 415 g/mol. The summed E-state index contributed by atoms with van der Waals surface area (Å²) in [5.74, 6) is 0.0223. The Morgan fingerprint density at radius 3 is 2.42 bits per heavy atom. The zero-order chi connectivity index (χ0) is 22.2. The van der Waals surface area contributed by atoms with Crippen molar-refractivity contribution >= 4 is 28.4 Å². The normalized spacial score (nSPS) is 11.5. The molecular weight excluding hydrogens is 394 g/mol. The van der Waals surface area contributed by atoms with Crippen molar-refractivity contribution in [2.24, 2.45) is 0 Å². The summed E-state index contributed by atoms with van der Waals surface area (Å²) in [6.45, 7) is 6.35. The predicted octanol–water partition coefficient (Wildman–Crippen LogP) is 5.95. The molecule has 3 aromatic carbocycles. The molecule has 0 bridgehead atoms. The molecule has 0 aliphatic rings. The molecule has 31 heavy (non-hydrogen) atoms. The van der Waals surface area contributed by atoms with Gasteiger partial charge in [-0.05, 0) is 41.3 Å². The van der Waals surface area contributed by atoms with Crippen molar-refractivity contribution in [3.05, 3.63) is 88.0 Å². The van der Waals surface area contributed by atoms with E-state index in [2.05, 4.69) is 31.1 Å². The lowest BCUT2D eigenvalue weighted by atomic mass is 9.87. The number of benzene rings is 3. The number of amides is 1. The van der Waals surface area contributed by atoms with Gasteiger partial charge in [0, 0.05) is 17.7 Å². The van der Waals surface area contributed by atoms with E-state index < -0.39 is 4.92 Å². The molecule has 0 aliphatic heterocycles. The molecule has 0 radical (unpaired) electrons. The number of rotatable bonds is 4. The standard InChI is InChI=1S/C24H21N3O4/c1-24(2,3)16-10-8-15(9-11-16)22(28)25-19-7-5-4-6-18(19)23-26-20-14-17(27(29)30)12-13-21(20)31-23/h4-14H,1-3H3,(H,25,28). The number of oxazole rings is 1. The van der Waals surface area contributed by atoms with Crippen LogP contribution in [0.1, 0.15) is 36.7 Å². The highest BCUT2D eigenvalue weighted by Gasteiger charge is 2.18. The molecule has 4 rings (SSSR count). The Labute approximate surface area is 178 Å². The number of non-ortho nitro benzene ring substituents is 1. The largest absolute Gasteiger partial charge is 0.436 e. The van der Waals surface area contributed by atoms with Gasteiger partial charge in [0.15, 0.2) is 5.58 Å². The highest BCUT2D eigenvalue weighted by atomic mass is 16.6. The summed E-state index contributed by atoms with van der Waals surface area (Å²) in [5, 5.41) is 13.9. The van der Waals surface area contributed by atoms with Crippen molar-refractivity contribution in [3.63, 3.8) is 0 Å². The molecule has 7 heteroatoms. The van der Waals surface area contributed by atoms with Crippen LogP contribution < -0.4 is 5.32 Å². The summed E-state index contributed by atoms with van der Waals surface area (Å²) < 4.78 is 5.78. The molecule has 4 aromatic rings. The number of anilines is 1. The summed E-state index contributed by atoms with van der Waals surface area (Å²) in [5.41, 5.74) is 3.55. The molecule has 0 saturated carbocycles. The second-order valence-corrected chi connectivity index (χ2v) is 8.26. The van der Waals surface area contributed by atoms with Gasteiger partial charge < -0.3 is 9.73 Å². The molecule has 7 nitrogen and oxygen atoms in total. The van der Waals surface area contributed by atoms with Crippen molar-refractivity contribution in [2.45, 2.75) is 26.2 Å². The first-order chi connectivity index (χ1) is 14.7. The Bertz CT molecular complexity index is 1280. The fourth-order valence-electron chi connectivity index (χ4n) is 3.24. The predicted molar refractivity (Wildman–Crippen MR) is 119 cm³/mol. The van der Waals surface area contributed by atoms with Gasteiger partial charge in [0.05, 0.1) is 16.2 Å². The Balaban J connectivity index is 1.64. The zero-order valence-corrected chi connectivity index (χ0v) is 17.4. The number of para-hydroxylation sites is 1. The zero-order valence-electron chi connectivity index (χ0n) is 17.4. The first-order valence-electron chi connectivity index (χ1n) is 9.79. The van der Waals surface area contributed by atoms with Gasteiger partial charge in [-0.15, -0.1) is 0 Å². The number of carbonyl (C=O) groups excluding carboxylic acids is 1. The van der Waals surface area contributed by atoms with E-state index >= 15 is 0 Å². The number of nitrogens with zero attached hydrogens (tertiary/aromatic N) is 2. The molecule has 0 spiro atoms. The lowest BCUT2D eigenvalue weighted by Gasteiger charge is -2.19. The number of nitro groups is 1. The molecule has 1 aromatic heterocycles. The summed E-state index contributed by atoms with van der Waals surface area (Å²) in [4.78, 5) is 27.7. The van der Waals surface area contributed by atoms with Crippen molar-refractivity contribution in [2.75, 3.05) is 5.32 Å². The minimum atomic E-state index is -0.479. The van der Waals surface area contributed by atoms with E-state index in [-0.39, 0.29) is 22.9 Å². The lowest BCUT2D eigenvalue weighted by Crippen LogP contribution is -2.14. The quantitative estimate of drug-likeness (QED) is 0.328. The first-order valence-corrected chi connectivity index (χ1v) is 9.79. The highest BCUT2D eigenvalue weighted by molar-refractivity contribution is 6.06. The van der Waals surface area contributed by atoms with Crippen molar-refractivity contribution < 1.29 is 14.1 Å². The van der Waals surface area contributed by atoms with Gasteiger partial charge in [-0.1, -0.05) is 45.0 Å². The third-order valence-corrected chi connectivity index (χ3v) is 5.00. The van der Waals surface area contributed by atoms with Crippen molar-refractivity contribution in [1.82, 2.24) is 4.98 Å². The Morgan fingerprint density at radius 1 is 1.03 bits per heavy atom. The minimum absolute atomic E-state index is 0.00361. The van der Waals surface area contributed by atoms with Crippen LogP contribution in [0.25, 0.3) is 22.6 Å². The summed E-state index contributed by atoms with van der Waals surface area (Å²) in [6.07, 6.45) is 0. The molecule has 0 atom stereocenters. The topological polar surface area (TPSA) is 98.3 Å². The maximum absolute atomic E-state index is 12.8. The van der Waals surface area contributed by atoms with Crippen LogP contribution in [0.4, 0.5) is 11.4 Å². The van der Waals surface area contributed by atoms with Gasteiger partial charge in [-0.25, -0.2) is 4.98 Å². The molecule has 1 amide bonds. The van der Waals surface area contributed by atoms with Crippen molar-refractivity contribution in [3.8, 4) is 11.5 Å². The second-order valence-electron chi connectivity index (χ2n) is 8.26. The fraction of sp³-hybridized carbons (Fsp3) is 0.167. The molecule has 0 fully saturated rings. The van der Waals surface area contributed by atoms with Crippen LogP contribution in [0, 0.1) is 10.1 Å². The number of aromatic nitrogens is 1. The Morgan fingerprint density at radius 2 is 1.74 bits per heavy atom. The number of hydrogen-bond acceptors (Lipinski definition) is 5. The molecule has 156 valence electrons. The molecule has 1 N–H and O–H groups in total. The number of nitro benzene ring substituents is 1. The van der Waals surface area contributed by atoms with Gasteiger partial charge in [-0.3, -0.25) is 14.9 Å². The van der Waals surface area contributed by atoms with E-state index in [1.807, 2.05) is 12.1 Å². The Hall–Kier alpha value is -4.00. The van der Waals surface area contributed by atoms with Gasteiger partial charge >= 0.3 is 0 Å². The summed E-state index contributed by atoms with van der Waals surface area (Å²) in [7, 11) is 0. The van der Waals surface area contributed by atoms with Gasteiger partial charge in [0.25, 0.3) is 11.6 Å². The van der Waals surface area contributed by atoms with Crippen LogP contribution in [-0.2, 0) is 5.41 Å². The second kappa shape index (κ2) is 7.68. The van der Waals surface area contributed by atoms with Crippen LogP contribution in [0.5, 0.6) is 0 Å². The maximum Gasteiger partial charge on any atom is 0.271 e.